The van der Waals surface area contributed by atoms with Crippen molar-refractivity contribution in [1.82, 2.24) is 16.0 Å². The molecule has 0 spiro atoms. The van der Waals surface area contributed by atoms with Crippen LogP contribution in [0.3, 0.4) is 0 Å². The van der Waals surface area contributed by atoms with Crippen molar-refractivity contribution in [2.45, 2.75) is 90.0 Å². The number of rotatable bonds is 17. The fourth-order valence-electron chi connectivity index (χ4n) is 6.16. The number of alkyl carbamates (subject to hydrolysis) is 1. The predicted octanol–water partition coefficient (Wildman–Crippen LogP) is 8.02. The van der Waals surface area contributed by atoms with E-state index >= 15 is 0 Å². The summed E-state index contributed by atoms with van der Waals surface area (Å²) in [6.45, 7) is 12.8. The number of esters is 1. The quantitative estimate of drug-likeness (QED) is 0.0735. The van der Waals surface area contributed by atoms with Gasteiger partial charge in [-0.25, -0.2) is 9.59 Å². The third-order valence-corrected chi connectivity index (χ3v) is 10.4. The largest absolute Gasteiger partial charge is 0.458 e. The van der Waals surface area contributed by atoms with Gasteiger partial charge in [0.2, 0.25) is 11.8 Å². The van der Waals surface area contributed by atoms with Crippen molar-refractivity contribution in [2.75, 3.05) is 5.75 Å². The summed E-state index contributed by atoms with van der Waals surface area (Å²) < 4.78 is 10.4. The topological polar surface area (TPSA) is 123 Å². The molecule has 0 aromatic heterocycles. The molecule has 0 radical (unpaired) electrons. The van der Waals surface area contributed by atoms with Gasteiger partial charge in [-0.1, -0.05) is 149 Å². The van der Waals surface area contributed by atoms with E-state index in [0.717, 1.165) is 22.3 Å². The molecule has 4 rings (SSSR count). The van der Waals surface area contributed by atoms with Crippen molar-refractivity contribution >= 4 is 35.6 Å². The summed E-state index contributed by atoms with van der Waals surface area (Å²) in [6.07, 6.45) is -0.485. The van der Waals surface area contributed by atoms with E-state index in [1.54, 1.807) is 20.8 Å². The van der Waals surface area contributed by atoms with Gasteiger partial charge in [0.1, 0.15) is 30.3 Å². The third kappa shape index (κ3) is 12.5. The molecule has 0 heterocycles. The highest BCUT2D eigenvalue weighted by Crippen LogP contribution is 2.48. The number of thioether (sulfide) groups is 1. The van der Waals surface area contributed by atoms with E-state index in [2.05, 4.69) is 52.3 Å². The number of nitrogens with one attached hydrogen (secondary N) is 3. The lowest BCUT2D eigenvalue weighted by Crippen LogP contribution is -2.58. The molecule has 4 aromatic carbocycles. The average Bonchev–Trinajstić information content (AvgIpc) is 3.16. The molecule has 4 aromatic rings. The Morgan fingerprint density at radius 3 is 1.51 bits per heavy atom. The van der Waals surface area contributed by atoms with Gasteiger partial charge in [-0.2, -0.15) is 0 Å². The van der Waals surface area contributed by atoms with Crippen LogP contribution in [0.5, 0.6) is 0 Å². The van der Waals surface area contributed by atoms with Crippen molar-refractivity contribution in [3.63, 3.8) is 0 Å². The molecule has 0 saturated carbocycles. The first-order chi connectivity index (χ1) is 26.2. The molecule has 0 unspecified atom stereocenters. The van der Waals surface area contributed by atoms with Crippen molar-refractivity contribution in [1.29, 1.82) is 0 Å². The van der Waals surface area contributed by atoms with Crippen molar-refractivity contribution in [3.05, 3.63) is 144 Å². The Morgan fingerprint density at radius 1 is 0.618 bits per heavy atom. The molecule has 3 amide bonds. The van der Waals surface area contributed by atoms with E-state index in [1.165, 1.54) is 11.8 Å². The SMILES string of the molecule is CC(C)C[C@H](NC(=O)[C@@H](CSC(c1ccccc1)(c1ccccc1)c1ccccc1)NC(=O)OCc1ccccc1)C(=O)N[C@@H](C(=O)OC(C)(C)C)C(C)C. The Morgan fingerprint density at radius 2 is 1.07 bits per heavy atom. The highest BCUT2D eigenvalue weighted by Gasteiger charge is 2.40. The molecule has 55 heavy (non-hydrogen) atoms. The van der Waals surface area contributed by atoms with Gasteiger partial charge in [0, 0.05) is 5.75 Å². The second kappa shape index (κ2) is 20.0. The van der Waals surface area contributed by atoms with Gasteiger partial charge in [-0.3, -0.25) is 9.59 Å². The van der Waals surface area contributed by atoms with Crippen LogP contribution in [0, 0.1) is 11.8 Å². The van der Waals surface area contributed by atoms with Crippen LogP contribution < -0.4 is 16.0 Å². The van der Waals surface area contributed by atoms with Gasteiger partial charge in [-0.05, 0) is 61.3 Å². The van der Waals surface area contributed by atoms with E-state index in [9.17, 15) is 19.2 Å². The van der Waals surface area contributed by atoms with Crippen LogP contribution >= 0.6 is 11.8 Å². The molecular weight excluding hydrogens is 711 g/mol. The lowest BCUT2D eigenvalue weighted by atomic mass is 9.84. The number of benzene rings is 4. The molecular formula is C45H55N3O6S. The first-order valence-corrected chi connectivity index (χ1v) is 19.8. The maximum Gasteiger partial charge on any atom is 0.408 e. The molecule has 0 aliphatic heterocycles. The Bertz CT molecular complexity index is 1720. The Labute approximate surface area is 330 Å². The second-order valence-corrected chi connectivity index (χ2v) is 16.5. The monoisotopic (exact) mass is 765 g/mol. The first kappa shape index (κ1) is 42.6. The molecule has 0 aliphatic rings. The van der Waals surface area contributed by atoms with Crippen LogP contribution in [0.25, 0.3) is 0 Å². The molecule has 0 saturated heterocycles. The zero-order valence-corrected chi connectivity index (χ0v) is 33.7. The van der Waals surface area contributed by atoms with Crippen LogP contribution in [-0.2, 0) is 35.2 Å². The third-order valence-electron chi connectivity index (χ3n) is 8.79. The van der Waals surface area contributed by atoms with Gasteiger partial charge in [-0.15, -0.1) is 11.8 Å². The molecule has 0 bridgehead atoms. The number of amides is 3. The smallest absolute Gasteiger partial charge is 0.408 e. The van der Waals surface area contributed by atoms with Crippen molar-refractivity contribution < 1.29 is 28.7 Å². The number of carbonyl (C=O) groups excluding carboxylic acids is 4. The number of ether oxygens (including phenoxy) is 2. The van der Waals surface area contributed by atoms with E-state index in [1.807, 2.05) is 113 Å². The van der Waals surface area contributed by atoms with Gasteiger partial charge in [0.15, 0.2) is 0 Å². The van der Waals surface area contributed by atoms with E-state index in [-0.39, 0.29) is 30.6 Å². The highest BCUT2D eigenvalue weighted by molar-refractivity contribution is 8.00. The Hall–Kier alpha value is -5.09. The van der Waals surface area contributed by atoms with Crippen molar-refractivity contribution in [2.24, 2.45) is 11.8 Å². The number of carbonyl (C=O) groups is 4. The van der Waals surface area contributed by atoms with Gasteiger partial charge in [0.25, 0.3) is 0 Å². The summed E-state index contributed by atoms with van der Waals surface area (Å²) in [5.74, 6) is -1.80. The minimum Gasteiger partial charge on any atom is -0.458 e. The van der Waals surface area contributed by atoms with Gasteiger partial charge >= 0.3 is 12.1 Å². The molecule has 292 valence electrons. The molecule has 0 aliphatic carbocycles. The summed E-state index contributed by atoms with van der Waals surface area (Å²) in [6, 6.07) is 36.3. The lowest BCUT2D eigenvalue weighted by Gasteiger charge is -2.36. The fraction of sp³-hybridized carbons (Fsp3) is 0.378. The summed E-state index contributed by atoms with van der Waals surface area (Å²) in [5, 5.41) is 8.59. The minimum absolute atomic E-state index is 0.00795. The maximum absolute atomic E-state index is 14.5. The first-order valence-electron chi connectivity index (χ1n) is 18.8. The highest BCUT2D eigenvalue weighted by atomic mass is 32.2. The standard InChI is InChI=1S/C45H55N3O6S/c1-31(2)28-37(40(49)48-39(32(3)4)42(51)54-44(5,6)7)46-41(50)38(47-43(52)53-29-33-20-12-8-13-21-33)30-55-45(34-22-14-9-15-23-34,35-24-16-10-17-25-35)36-26-18-11-19-27-36/h8-27,31-32,37-39H,28-30H2,1-7H3,(H,46,50)(H,47,52)(H,48,49)/t37-,38+,39+/m0/s1. The van der Waals surface area contributed by atoms with Crippen LogP contribution in [0.4, 0.5) is 4.79 Å². The molecule has 0 fully saturated rings. The lowest BCUT2D eigenvalue weighted by molar-refractivity contribution is -0.160. The summed E-state index contributed by atoms with van der Waals surface area (Å²) in [7, 11) is 0. The normalized spacial score (nSPS) is 13.3. The zero-order valence-electron chi connectivity index (χ0n) is 32.9. The summed E-state index contributed by atoms with van der Waals surface area (Å²) in [5.41, 5.74) is 3.01. The average molecular weight is 766 g/mol. The molecule has 3 N–H and O–H groups in total. The zero-order chi connectivity index (χ0) is 40.0. The Balaban J connectivity index is 1.69. The maximum atomic E-state index is 14.5. The summed E-state index contributed by atoms with van der Waals surface area (Å²) >= 11 is 1.50. The van der Waals surface area contributed by atoms with Crippen LogP contribution in [0.2, 0.25) is 0 Å². The second-order valence-electron chi connectivity index (χ2n) is 15.3. The number of hydrogen-bond donors (Lipinski definition) is 3. The summed E-state index contributed by atoms with van der Waals surface area (Å²) in [4.78, 5) is 54.9. The van der Waals surface area contributed by atoms with Crippen LogP contribution in [0.15, 0.2) is 121 Å². The molecule has 3 atom stereocenters. The van der Waals surface area contributed by atoms with Crippen molar-refractivity contribution in [3.8, 4) is 0 Å². The predicted molar refractivity (Wildman–Crippen MR) is 219 cm³/mol. The fourth-order valence-corrected chi connectivity index (χ4v) is 7.72. The molecule has 10 heteroatoms. The molecule has 9 nitrogen and oxygen atoms in total. The van der Waals surface area contributed by atoms with Crippen LogP contribution in [0.1, 0.15) is 77.1 Å². The van der Waals surface area contributed by atoms with Gasteiger partial charge < -0.3 is 25.4 Å². The minimum atomic E-state index is -1.13. The van der Waals surface area contributed by atoms with E-state index in [0.29, 0.717) is 0 Å². The van der Waals surface area contributed by atoms with Gasteiger partial charge in [0.05, 0.1) is 4.75 Å². The Kier molecular flexibility index (Phi) is 15.5. The van der Waals surface area contributed by atoms with E-state index in [4.69, 9.17) is 9.47 Å². The van der Waals surface area contributed by atoms with Crippen LogP contribution in [-0.4, -0.2) is 53.4 Å². The van der Waals surface area contributed by atoms with E-state index < -0.39 is 52.4 Å². The number of hydrogen-bond acceptors (Lipinski definition) is 7.